The van der Waals surface area contributed by atoms with Gasteiger partial charge >= 0.3 is 0 Å². The van der Waals surface area contributed by atoms with Gasteiger partial charge in [0.15, 0.2) is 0 Å². The summed E-state index contributed by atoms with van der Waals surface area (Å²) in [5.74, 6) is 0.765. The third-order valence-corrected chi connectivity index (χ3v) is 4.56. The summed E-state index contributed by atoms with van der Waals surface area (Å²) in [5, 5.41) is 3.76. The van der Waals surface area contributed by atoms with E-state index in [1.54, 1.807) is 0 Å². The minimum absolute atomic E-state index is 0.480. The van der Waals surface area contributed by atoms with E-state index in [1.165, 1.54) is 18.4 Å². The molecule has 2 nitrogen and oxygen atoms in total. The Morgan fingerprint density at radius 3 is 2.50 bits per heavy atom. The van der Waals surface area contributed by atoms with E-state index in [0.29, 0.717) is 18.1 Å². The molecule has 1 N–H and O–H groups in total. The first kappa shape index (κ1) is 15.5. The van der Waals surface area contributed by atoms with E-state index < -0.39 is 0 Å². The van der Waals surface area contributed by atoms with Gasteiger partial charge in [0.25, 0.3) is 0 Å². The van der Waals surface area contributed by atoms with Crippen LogP contribution in [0.15, 0.2) is 30.3 Å². The minimum Gasteiger partial charge on any atom is -0.307 e. The van der Waals surface area contributed by atoms with E-state index in [4.69, 9.17) is 0 Å². The van der Waals surface area contributed by atoms with E-state index >= 15 is 0 Å². The molecule has 1 fully saturated rings. The van der Waals surface area contributed by atoms with Crippen LogP contribution in [0.5, 0.6) is 0 Å². The molecular formula is C18H30N2. The lowest BCUT2D eigenvalue weighted by atomic mass is 9.94. The number of nitrogens with zero attached hydrogens (tertiary/aromatic N) is 1. The molecule has 0 radical (unpaired) electrons. The average Bonchev–Trinajstić information content (AvgIpc) is 2.47. The topological polar surface area (TPSA) is 15.3 Å². The van der Waals surface area contributed by atoms with Gasteiger partial charge in [0.1, 0.15) is 0 Å². The Balaban J connectivity index is 2.09. The fraction of sp³-hybridized carbons (Fsp3) is 0.667. The van der Waals surface area contributed by atoms with Crippen LogP contribution in [-0.2, 0) is 0 Å². The molecule has 3 unspecified atom stereocenters. The van der Waals surface area contributed by atoms with Gasteiger partial charge in [-0.25, -0.2) is 0 Å². The van der Waals surface area contributed by atoms with Crippen molar-refractivity contribution in [3.8, 4) is 0 Å². The zero-order valence-corrected chi connectivity index (χ0v) is 13.5. The van der Waals surface area contributed by atoms with Gasteiger partial charge in [-0.1, -0.05) is 51.1 Å². The molecule has 2 rings (SSSR count). The maximum Gasteiger partial charge on any atom is 0.0450 e. The second-order valence-corrected chi connectivity index (χ2v) is 6.61. The van der Waals surface area contributed by atoms with Crippen molar-refractivity contribution in [2.24, 2.45) is 5.92 Å². The van der Waals surface area contributed by atoms with Crippen LogP contribution >= 0.6 is 0 Å². The molecule has 1 heterocycles. The zero-order chi connectivity index (χ0) is 14.5. The third-order valence-electron chi connectivity index (χ3n) is 4.56. The lowest BCUT2D eigenvalue weighted by Gasteiger charge is -2.44. The van der Waals surface area contributed by atoms with Crippen LogP contribution < -0.4 is 5.32 Å². The molecule has 0 bridgehead atoms. The number of hydrogen-bond donors (Lipinski definition) is 1. The first-order chi connectivity index (χ1) is 9.61. The fourth-order valence-corrected chi connectivity index (χ4v) is 3.27. The maximum absolute atomic E-state index is 3.76. The van der Waals surface area contributed by atoms with Crippen LogP contribution in [0.3, 0.4) is 0 Å². The lowest BCUT2D eigenvalue weighted by molar-refractivity contribution is 0.0742. The monoisotopic (exact) mass is 274 g/mol. The summed E-state index contributed by atoms with van der Waals surface area (Å²) < 4.78 is 0. The van der Waals surface area contributed by atoms with Gasteiger partial charge in [-0.05, 0) is 31.2 Å². The van der Waals surface area contributed by atoms with Crippen molar-refractivity contribution in [2.75, 3.05) is 13.1 Å². The average molecular weight is 274 g/mol. The maximum atomic E-state index is 3.76. The molecule has 0 amide bonds. The Bertz CT molecular complexity index is 388. The predicted molar refractivity (Wildman–Crippen MR) is 86.9 cm³/mol. The summed E-state index contributed by atoms with van der Waals surface area (Å²) in [5.41, 5.74) is 1.42. The molecule has 0 spiro atoms. The van der Waals surface area contributed by atoms with Crippen molar-refractivity contribution < 1.29 is 0 Å². The van der Waals surface area contributed by atoms with Gasteiger partial charge in [-0.2, -0.15) is 0 Å². The molecule has 0 aromatic heterocycles. The minimum atomic E-state index is 0.480. The number of rotatable bonds is 5. The van der Waals surface area contributed by atoms with Gasteiger partial charge in [0, 0.05) is 31.2 Å². The first-order valence-electron chi connectivity index (χ1n) is 8.15. The number of piperazine rings is 1. The Kier molecular flexibility index (Phi) is 5.62. The van der Waals surface area contributed by atoms with Crippen molar-refractivity contribution in [3.05, 3.63) is 35.9 Å². The fourth-order valence-electron chi connectivity index (χ4n) is 3.27. The highest BCUT2D eigenvalue weighted by atomic mass is 15.3. The summed E-state index contributed by atoms with van der Waals surface area (Å²) in [6.45, 7) is 11.6. The summed E-state index contributed by atoms with van der Waals surface area (Å²) in [6, 6.07) is 12.7. The Morgan fingerprint density at radius 2 is 1.90 bits per heavy atom. The highest BCUT2D eigenvalue weighted by molar-refractivity contribution is 5.20. The Labute approximate surface area is 124 Å². The molecule has 1 aromatic rings. The predicted octanol–water partition coefficient (Wildman–Crippen LogP) is 3.85. The lowest BCUT2D eigenvalue weighted by Crippen LogP contribution is -2.55. The molecule has 1 aliphatic rings. The molecule has 1 aliphatic heterocycles. The van der Waals surface area contributed by atoms with E-state index in [2.05, 4.69) is 68.2 Å². The zero-order valence-electron chi connectivity index (χ0n) is 13.5. The molecule has 1 aromatic carbocycles. The number of nitrogens with one attached hydrogen (secondary N) is 1. The number of hydrogen-bond acceptors (Lipinski definition) is 2. The van der Waals surface area contributed by atoms with E-state index in [9.17, 15) is 0 Å². The Morgan fingerprint density at radius 1 is 1.20 bits per heavy atom. The van der Waals surface area contributed by atoms with Crippen molar-refractivity contribution in [2.45, 2.75) is 58.7 Å². The van der Waals surface area contributed by atoms with Crippen molar-refractivity contribution in [1.82, 2.24) is 10.2 Å². The third kappa shape index (κ3) is 3.83. The van der Waals surface area contributed by atoms with Gasteiger partial charge in [0.2, 0.25) is 0 Å². The standard InChI is InChI=1S/C18H30N2/c1-5-15(4)20-13-18(16-9-7-6-8-10-16)19-12-17(20)11-14(2)3/h6-10,14-15,17-19H,5,11-13H2,1-4H3. The normalized spacial score (nSPS) is 25.9. The molecular weight excluding hydrogens is 244 g/mol. The van der Waals surface area contributed by atoms with E-state index in [1.807, 2.05) is 0 Å². The van der Waals surface area contributed by atoms with E-state index in [-0.39, 0.29) is 0 Å². The van der Waals surface area contributed by atoms with Crippen LogP contribution in [-0.4, -0.2) is 30.1 Å². The van der Waals surface area contributed by atoms with Crippen molar-refractivity contribution in [1.29, 1.82) is 0 Å². The second-order valence-electron chi connectivity index (χ2n) is 6.61. The van der Waals surface area contributed by atoms with Gasteiger partial charge < -0.3 is 5.32 Å². The Hall–Kier alpha value is -0.860. The molecule has 0 aliphatic carbocycles. The quantitative estimate of drug-likeness (QED) is 0.877. The summed E-state index contributed by atoms with van der Waals surface area (Å²) in [6.07, 6.45) is 2.52. The molecule has 3 atom stereocenters. The van der Waals surface area contributed by atoms with E-state index in [0.717, 1.165) is 19.0 Å². The van der Waals surface area contributed by atoms with Crippen LogP contribution in [0.4, 0.5) is 0 Å². The SMILES string of the molecule is CCC(C)N1CC(c2ccccc2)NCC1CC(C)C. The smallest absolute Gasteiger partial charge is 0.0450 e. The summed E-state index contributed by atoms with van der Waals surface area (Å²) >= 11 is 0. The molecule has 1 saturated heterocycles. The molecule has 112 valence electrons. The van der Waals surface area contributed by atoms with Crippen LogP contribution in [0.1, 0.15) is 52.1 Å². The van der Waals surface area contributed by atoms with Gasteiger partial charge in [-0.15, -0.1) is 0 Å². The second kappa shape index (κ2) is 7.24. The van der Waals surface area contributed by atoms with Crippen LogP contribution in [0, 0.1) is 5.92 Å². The van der Waals surface area contributed by atoms with Crippen molar-refractivity contribution in [3.63, 3.8) is 0 Å². The molecule has 0 saturated carbocycles. The van der Waals surface area contributed by atoms with Crippen molar-refractivity contribution >= 4 is 0 Å². The first-order valence-corrected chi connectivity index (χ1v) is 8.15. The largest absolute Gasteiger partial charge is 0.307 e. The van der Waals surface area contributed by atoms with Crippen LogP contribution in [0.2, 0.25) is 0 Å². The van der Waals surface area contributed by atoms with Gasteiger partial charge in [0.05, 0.1) is 0 Å². The molecule has 2 heteroatoms. The summed E-state index contributed by atoms with van der Waals surface area (Å²) in [7, 11) is 0. The molecule has 20 heavy (non-hydrogen) atoms. The summed E-state index contributed by atoms with van der Waals surface area (Å²) in [4.78, 5) is 2.73. The van der Waals surface area contributed by atoms with Crippen LogP contribution in [0.25, 0.3) is 0 Å². The highest BCUT2D eigenvalue weighted by Gasteiger charge is 2.31. The number of benzene rings is 1. The highest BCUT2D eigenvalue weighted by Crippen LogP contribution is 2.25. The van der Waals surface area contributed by atoms with Gasteiger partial charge in [-0.3, -0.25) is 4.90 Å².